The first-order valence-electron chi connectivity index (χ1n) is 5.14. The molecule has 4 heteroatoms. The summed E-state index contributed by atoms with van der Waals surface area (Å²) in [6.07, 6.45) is 2.08. The summed E-state index contributed by atoms with van der Waals surface area (Å²) >= 11 is 0. The van der Waals surface area contributed by atoms with Crippen LogP contribution in [-0.2, 0) is 9.53 Å². The van der Waals surface area contributed by atoms with Gasteiger partial charge in [0, 0.05) is 32.2 Å². The first kappa shape index (κ1) is 13.4. The topological polar surface area (TPSA) is 64.4 Å². The van der Waals surface area contributed by atoms with Crippen molar-refractivity contribution in [1.82, 2.24) is 5.32 Å². The van der Waals surface area contributed by atoms with Crippen LogP contribution in [0.3, 0.4) is 0 Å². The molecule has 0 aromatic heterocycles. The van der Waals surface area contributed by atoms with Crippen LogP contribution >= 0.6 is 0 Å². The van der Waals surface area contributed by atoms with E-state index in [9.17, 15) is 4.79 Å². The highest BCUT2D eigenvalue weighted by Crippen LogP contribution is 1.96. The Hall–Kier alpha value is -0.610. The molecule has 0 saturated heterocycles. The van der Waals surface area contributed by atoms with Crippen LogP contribution in [0.15, 0.2) is 0 Å². The van der Waals surface area contributed by atoms with Gasteiger partial charge in [0.1, 0.15) is 0 Å². The molecule has 0 saturated carbocycles. The van der Waals surface area contributed by atoms with Gasteiger partial charge in [-0.3, -0.25) is 4.79 Å². The van der Waals surface area contributed by atoms with Gasteiger partial charge in [-0.15, -0.1) is 0 Å². The predicted octanol–water partition coefficient (Wildman–Crippen LogP) is 0.655. The van der Waals surface area contributed by atoms with Gasteiger partial charge in [-0.2, -0.15) is 0 Å². The van der Waals surface area contributed by atoms with E-state index in [2.05, 4.69) is 5.32 Å². The van der Waals surface area contributed by atoms with Crippen molar-refractivity contribution in [2.24, 2.45) is 5.73 Å². The van der Waals surface area contributed by atoms with Gasteiger partial charge >= 0.3 is 0 Å². The Morgan fingerprint density at radius 1 is 1.57 bits per heavy atom. The molecule has 0 aromatic rings. The van der Waals surface area contributed by atoms with Crippen molar-refractivity contribution in [3.8, 4) is 0 Å². The maximum atomic E-state index is 11.4. The van der Waals surface area contributed by atoms with E-state index in [-0.39, 0.29) is 18.0 Å². The van der Waals surface area contributed by atoms with Crippen LogP contribution in [0.2, 0.25) is 0 Å². The van der Waals surface area contributed by atoms with Gasteiger partial charge in [-0.1, -0.05) is 6.92 Å². The first-order valence-corrected chi connectivity index (χ1v) is 5.14. The number of methoxy groups -OCH3 is 1. The van der Waals surface area contributed by atoms with Crippen LogP contribution in [0, 0.1) is 0 Å². The van der Waals surface area contributed by atoms with Crippen LogP contribution < -0.4 is 11.1 Å². The molecule has 0 bridgehead atoms. The van der Waals surface area contributed by atoms with E-state index in [0.717, 1.165) is 12.8 Å². The molecule has 0 aliphatic heterocycles. The Kier molecular flexibility index (Phi) is 7.42. The summed E-state index contributed by atoms with van der Waals surface area (Å²) in [6, 6.07) is 0.135. The van der Waals surface area contributed by atoms with Crippen LogP contribution in [0.1, 0.15) is 33.1 Å². The molecular weight excluding hydrogens is 180 g/mol. The van der Waals surface area contributed by atoms with E-state index in [1.165, 1.54) is 0 Å². The Labute approximate surface area is 86.2 Å². The second-order valence-electron chi connectivity index (χ2n) is 3.62. The highest BCUT2D eigenvalue weighted by atomic mass is 16.5. The molecule has 4 nitrogen and oxygen atoms in total. The SMILES string of the molecule is CCC(N)CC(=O)NC(C)CCOC. The minimum atomic E-state index is -0.0235. The van der Waals surface area contributed by atoms with Gasteiger partial charge < -0.3 is 15.8 Å². The molecule has 0 radical (unpaired) electrons. The fourth-order valence-electron chi connectivity index (χ4n) is 1.08. The van der Waals surface area contributed by atoms with Crippen LogP contribution in [0.5, 0.6) is 0 Å². The normalized spacial score (nSPS) is 14.9. The highest BCUT2D eigenvalue weighted by Gasteiger charge is 2.10. The number of rotatable bonds is 7. The molecule has 0 aromatic carbocycles. The second-order valence-corrected chi connectivity index (χ2v) is 3.62. The standard InChI is InChI=1S/C10H22N2O2/c1-4-9(11)7-10(13)12-8(2)5-6-14-3/h8-9H,4-7,11H2,1-3H3,(H,12,13). The van der Waals surface area contributed by atoms with Gasteiger partial charge in [0.15, 0.2) is 0 Å². The van der Waals surface area contributed by atoms with Gasteiger partial charge in [0.05, 0.1) is 0 Å². The Morgan fingerprint density at radius 3 is 2.71 bits per heavy atom. The fraction of sp³-hybridized carbons (Fsp3) is 0.900. The highest BCUT2D eigenvalue weighted by molar-refractivity contribution is 5.76. The number of amides is 1. The summed E-state index contributed by atoms with van der Waals surface area (Å²) in [7, 11) is 1.65. The van der Waals surface area contributed by atoms with Gasteiger partial charge in [-0.25, -0.2) is 0 Å². The third-order valence-electron chi connectivity index (χ3n) is 2.13. The monoisotopic (exact) mass is 202 g/mol. The smallest absolute Gasteiger partial charge is 0.221 e. The molecule has 3 N–H and O–H groups in total. The first-order chi connectivity index (χ1) is 6.60. The molecule has 84 valence electrons. The molecule has 2 atom stereocenters. The zero-order valence-electron chi connectivity index (χ0n) is 9.38. The number of carbonyl (C=O) groups is 1. The van der Waals surface area contributed by atoms with Crippen LogP contribution in [0.25, 0.3) is 0 Å². The van der Waals surface area contributed by atoms with Crippen LogP contribution in [-0.4, -0.2) is 31.7 Å². The lowest BCUT2D eigenvalue weighted by molar-refractivity contribution is -0.122. The molecule has 14 heavy (non-hydrogen) atoms. The number of nitrogens with two attached hydrogens (primary N) is 1. The number of nitrogens with one attached hydrogen (secondary N) is 1. The Bertz CT molecular complexity index is 162. The zero-order chi connectivity index (χ0) is 11.0. The summed E-state index contributed by atoms with van der Waals surface area (Å²) in [5, 5.41) is 2.88. The van der Waals surface area contributed by atoms with Crippen molar-refractivity contribution in [1.29, 1.82) is 0 Å². The van der Waals surface area contributed by atoms with Crippen LogP contribution in [0.4, 0.5) is 0 Å². The summed E-state index contributed by atoms with van der Waals surface area (Å²) in [4.78, 5) is 11.4. The van der Waals surface area contributed by atoms with Crippen molar-refractivity contribution < 1.29 is 9.53 Å². The molecule has 0 heterocycles. The quantitative estimate of drug-likeness (QED) is 0.637. The molecule has 0 spiro atoms. The van der Waals surface area contributed by atoms with Crippen molar-refractivity contribution in [2.75, 3.05) is 13.7 Å². The lowest BCUT2D eigenvalue weighted by atomic mass is 10.1. The summed E-state index contributed by atoms with van der Waals surface area (Å²) in [5.41, 5.74) is 5.66. The molecule has 0 aliphatic carbocycles. The molecule has 2 unspecified atom stereocenters. The number of ether oxygens (including phenoxy) is 1. The van der Waals surface area contributed by atoms with E-state index >= 15 is 0 Å². The summed E-state index contributed by atoms with van der Waals surface area (Å²) in [6.45, 7) is 4.61. The second kappa shape index (κ2) is 7.76. The molecular formula is C10H22N2O2. The minimum Gasteiger partial charge on any atom is -0.385 e. The van der Waals surface area contributed by atoms with E-state index in [4.69, 9.17) is 10.5 Å². The van der Waals surface area contributed by atoms with Gasteiger partial charge in [0.2, 0.25) is 5.91 Å². The van der Waals surface area contributed by atoms with Gasteiger partial charge in [0.25, 0.3) is 0 Å². The average Bonchev–Trinajstić information content (AvgIpc) is 2.14. The maximum Gasteiger partial charge on any atom is 0.221 e. The number of carbonyl (C=O) groups excluding carboxylic acids is 1. The van der Waals surface area contributed by atoms with Crippen molar-refractivity contribution in [2.45, 2.75) is 45.2 Å². The van der Waals surface area contributed by atoms with Gasteiger partial charge in [-0.05, 0) is 19.8 Å². The maximum absolute atomic E-state index is 11.4. The lowest BCUT2D eigenvalue weighted by Gasteiger charge is -2.15. The molecule has 0 aliphatic rings. The van der Waals surface area contributed by atoms with Crippen molar-refractivity contribution in [3.63, 3.8) is 0 Å². The summed E-state index contributed by atoms with van der Waals surface area (Å²) < 4.78 is 4.92. The third kappa shape index (κ3) is 6.86. The van der Waals surface area contributed by atoms with Crippen molar-refractivity contribution in [3.05, 3.63) is 0 Å². The molecule has 1 amide bonds. The van der Waals surface area contributed by atoms with E-state index < -0.39 is 0 Å². The minimum absolute atomic E-state index is 0.0235. The van der Waals surface area contributed by atoms with E-state index in [1.807, 2.05) is 13.8 Å². The number of hydrogen-bond donors (Lipinski definition) is 2. The zero-order valence-corrected chi connectivity index (χ0v) is 9.38. The Morgan fingerprint density at radius 2 is 2.21 bits per heavy atom. The third-order valence-corrected chi connectivity index (χ3v) is 2.13. The van der Waals surface area contributed by atoms with E-state index in [0.29, 0.717) is 13.0 Å². The largest absolute Gasteiger partial charge is 0.385 e. The fourth-order valence-corrected chi connectivity index (χ4v) is 1.08. The molecule has 0 fully saturated rings. The van der Waals surface area contributed by atoms with E-state index in [1.54, 1.807) is 7.11 Å². The predicted molar refractivity (Wildman–Crippen MR) is 57.0 cm³/mol. The lowest BCUT2D eigenvalue weighted by Crippen LogP contribution is -2.37. The van der Waals surface area contributed by atoms with Crippen molar-refractivity contribution >= 4 is 5.91 Å². The molecule has 0 rings (SSSR count). The average molecular weight is 202 g/mol. The Balaban J connectivity index is 3.60. The number of hydrogen-bond acceptors (Lipinski definition) is 3. The summed E-state index contributed by atoms with van der Waals surface area (Å²) in [5.74, 6) is 0.0305.